The van der Waals surface area contributed by atoms with Crippen LogP contribution in [0, 0.1) is 0 Å². The highest BCUT2D eigenvalue weighted by Crippen LogP contribution is 2.28. The number of carbonyl (C=O) groups excluding carboxylic acids is 1. The Bertz CT molecular complexity index is 1050. The van der Waals surface area contributed by atoms with Crippen LogP contribution in [0.1, 0.15) is 4.88 Å². The predicted octanol–water partition coefficient (Wildman–Crippen LogP) is 4.75. The molecule has 0 radical (unpaired) electrons. The van der Waals surface area contributed by atoms with Gasteiger partial charge in [0.1, 0.15) is 11.3 Å². The summed E-state index contributed by atoms with van der Waals surface area (Å²) in [5, 5.41) is 4.86. The number of fused-ring (bicyclic) bond motifs is 1. The molecule has 0 fully saturated rings. The van der Waals surface area contributed by atoms with Gasteiger partial charge in [0, 0.05) is 22.2 Å². The summed E-state index contributed by atoms with van der Waals surface area (Å²) >= 11 is 1.57. The van der Waals surface area contributed by atoms with Gasteiger partial charge in [0.05, 0.1) is 13.5 Å². The summed E-state index contributed by atoms with van der Waals surface area (Å²) in [7, 11) is 1.62. The highest BCUT2D eigenvalue weighted by molar-refractivity contribution is 7.10. The van der Waals surface area contributed by atoms with E-state index < -0.39 is 0 Å². The van der Waals surface area contributed by atoms with Gasteiger partial charge in [0.25, 0.3) is 0 Å². The van der Waals surface area contributed by atoms with Gasteiger partial charge in [0.15, 0.2) is 5.58 Å². The van der Waals surface area contributed by atoms with Gasteiger partial charge in [0.2, 0.25) is 11.8 Å². The lowest BCUT2D eigenvalue weighted by molar-refractivity contribution is -0.115. The lowest BCUT2D eigenvalue weighted by atomic mass is 10.2. The zero-order valence-electron chi connectivity index (χ0n) is 14.1. The number of benzene rings is 2. The fourth-order valence-corrected chi connectivity index (χ4v) is 3.36. The van der Waals surface area contributed by atoms with Crippen LogP contribution in [0.5, 0.6) is 5.75 Å². The number of amides is 1. The van der Waals surface area contributed by atoms with Crippen LogP contribution in [-0.4, -0.2) is 18.0 Å². The Morgan fingerprint density at radius 1 is 1.19 bits per heavy atom. The minimum atomic E-state index is -0.0562. The minimum absolute atomic E-state index is 0.0562. The van der Waals surface area contributed by atoms with Crippen molar-refractivity contribution < 1.29 is 13.9 Å². The number of thiophene rings is 1. The number of methoxy groups -OCH3 is 1. The van der Waals surface area contributed by atoms with Crippen molar-refractivity contribution in [2.24, 2.45) is 0 Å². The molecule has 6 heteroatoms. The Hall–Kier alpha value is -3.12. The summed E-state index contributed by atoms with van der Waals surface area (Å²) in [4.78, 5) is 17.7. The fourth-order valence-electron chi connectivity index (χ4n) is 2.66. The average molecular weight is 364 g/mol. The van der Waals surface area contributed by atoms with Crippen LogP contribution in [0.25, 0.3) is 22.6 Å². The minimum Gasteiger partial charge on any atom is -0.497 e. The van der Waals surface area contributed by atoms with E-state index in [0.29, 0.717) is 23.6 Å². The van der Waals surface area contributed by atoms with Crippen LogP contribution in [0.2, 0.25) is 0 Å². The number of hydrogen-bond acceptors (Lipinski definition) is 5. The maximum atomic E-state index is 12.1. The van der Waals surface area contributed by atoms with Crippen LogP contribution in [-0.2, 0) is 11.2 Å². The molecule has 2 aromatic carbocycles. The summed E-state index contributed by atoms with van der Waals surface area (Å²) in [5.74, 6) is 1.20. The van der Waals surface area contributed by atoms with Gasteiger partial charge >= 0.3 is 0 Å². The van der Waals surface area contributed by atoms with Crippen molar-refractivity contribution in [2.75, 3.05) is 12.4 Å². The Kier molecular flexibility index (Phi) is 4.41. The van der Waals surface area contributed by atoms with Crippen molar-refractivity contribution in [3.63, 3.8) is 0 Å². The number of rotatable bonds is 5. The molecule has 4 aromatic rings. The van der Waals surface area contributed by atoms with E-state index in [-0.39, 0.29) is 5.91 Å². The number of carbonyl (C=O) groups is 1. The van der Waals surface area contributed by atoms with Gasteiger partial charge in [-0.05, 0) is 41.8 Å². The van der Waals surface area contributed by atoms with Crippen molar-refractivity contribution in [2.45, 2.75) is 6.42 Å². The highest BCUT2D eigenvalue weighted by atomic mass is 32.1. The third-order valence-electron chi connectivity index (χ3n) is 3.90. The summed E-state index contributed by atoms with van der Waals surface area (Å²) in [6, 6.07) is 16.9. The molecule has 2 heterocycles. The first-order chi connectivity index (χ1) is 12.7. The standard InChI is InChI=1S/C20H16N2O3S/c1-24-15-5-2-4-13(10-15)20-22-17-8-7-14(11-18(17)25-20)21-19(23)12-16-6-3-9-26-16/h2-11H,12H2,1H3,(H,21,23). The Labute approximate surface area is 154 Å². The first-order valence-electron chi connectivity index (χ1n) is 8.08. The first-order valence-corrected chi connectivity index (χ1v) is 8.96. The van der Waals surface area contributed by atoms with Crippen molar-refractivity contribution in [1.29, 1.82) is 0 Å². The molecule has 26 heavy (non-hydrogen) atoms. The van der Waals surface area contributed by atoms with E-state index in [4.69, 9.17) is 9.15 Å². The fraction of sp³-hybridized carbons (Fsp3) is 0.100. The quantitative estimate of drug-likeness (QED) is 0.555. The Morgan fingerprint density at radius 2 is 2.12 bits per heavy atom. The van der Waals surface area contributed by atoms with E-state index in [1.54, 1.807) is 24.5 Å². The summed E-state index contributed by atoms with van der Waals surface area (Å²) < 4.78 is 11.1. The van der Waals surface area contributed by atoms with Gasteiger partial charge < -0.3 is 14.5 Å². The third-order valence-corrected chi connectivity index (χ3v) is 4.78. The molecule has 0 aliphatic heterocycles. The number of nitrogens with zero attached hydrogens (tertiary/aromatic N) is 1. The molecule has 2 aromatic heterocycles. The molecule has 0 unspecified atom stereocenters. The molecular formula is C20H16N2O3S. The normalized spacial score (nSPS) is 10.8. The molecule has 5 nitrogen and oxygen atoms in total. The van der Waals surface area contributed by atoms with E-state index in [2.05, 4.69) is 10.3 Å². The Balaban J connectivity index is 1.56. The van der Waals surface area contributed by atoms with Crippen molar-refractivity contribution >= 4 is 34.0 Å². The topological polar surface area (TPSA) is 64.4 Å². The molecule has 0 saturated carbocycles. The van der Waals surface area contributed by atoms with Crippen LogP contribution < -0.4 is 10.1 Å². The molecule has 4 rings (SSSR count). The summed E-state index contributed by atoms with van der Waals surface area (Å²) in [5.41, 5.74) is 2.88. The van der Waals surface area contributed by atoms with E-state index >= 15 is 0 Å². The number of hydrogen-bond donors (Lipinski definition) is 1. The molecule has 0 aliphatic carbocycles. The van der Waals surface area contributed by atoms with Crippen LogP contribution in [0.3, 0.4) is 0 Å². The van der Waals surface area contributed by atoms with Crippen LogP contribution in [0.15, 0.2) is 64.4 Å². The second-order valence-electron chi connectivity index (χ2n) is 5.74. The number of aromatic nitrogens is 1. The average Bonchev–Trinajstić information content (AvgIpc) is 3.30. The van der Waals surface area contributed by atoms with Crippen LogP contribution in [0.4, 0.5) is 5.69 Å². The van der Waals surface area contributed by atoms with Gasteiger partial charge in [-0.2, -0.15) is 0 Å². The van der Waals surface area contributed by atoms with Crippen molar-refractivity contribution in [1.82, 2.24) is 4.98 Å². The van der Waals surface area contributed by atoms with Gasteiger partial charge in [-0.1, -0.05) is 12.1 Å². The summed E-state index contributed by atoms with van der Waals surface area (Å²) in [6.45, 7) is 0. The molecule has 130 valence electrons. The van der Waals surface area contributed by atoms with Gasteiger partial charge in [-0.3, -0.25) is 4.79 Å². The Morgan fingerprint density at radius 3 is 2.92 bits per heavy atom. The van der Waals surface area contributed by atoms with E-state index in [1.165, 1.54) is 0 Å². The molecule has 0 atom stereocenters. The SMILES string of the molecule is COc1cccc(-c2nc3ccc(NC(=O)Cc4cccs4)cc3o2)c1. The molecule has 0 saturated heterocycles. The highest BCUT2D eigenvalue weighted by Gasteiger charge is 2.11. The number of ether oxygens (including phenoxy) is 1. The van der Waals surface area contributed by atoms with Crippen LogP contribution >= 0.6 is 11.3 Å². The lowest BCUT2D eigenvalue weighted by Gasteiger charge is -2.03. The van der Waals surface area contributed by atoms with Gasteiger partial charge in [-0.15, -0.1) is 11.3 Å². The monoisotopic (exact) mass is 364 g/mol. The zero-order chi connectivity index (χ0) is 17.9. The summed E-state index contributed by atoms with van der Waals surface area (Å²) in [6.07, 6.45) is 0.362. The molecule has 0 spiro atoms. The molecule has 1 N–H and O–H groups in total. The predicted molar refractivity (Wildman–Crippen MR) is 103 cm³/mol. The molecular weight excluding hydrogens is 348 g/mol. The lowest BCUT2D eigenvalue weighted by Crippen LogP contribution is -2.13. The van der Waals surface area contributed by atoms with Gasteiger partial charge in [-0.25, -0.2) is 4.98 Å². The largest absolute Gasteiger partial charge is 0.497 e. The van der Waals surface area contributed by atoms with Crippen molar-refractivity contribution in [3.8, 4) is 17.2 Å². The number of oxazole rings is 1. The molecule has 0 bridgehead atoms. The zero-order valence-corrected chi connectivity index (χ0v) is 14.9. The number of anilines is 1. The molecule has 0 aliphatic rings. The van der Waals surface area contributed by atoms with Crippen molar-refractivity contribution in [3.05, 3.63) is 64.9 Å². The van der Waals surface area contributed by atoms with E-state index in [1.807, 2.05) is 53.9 Å². The maximum absolute atomic E-state index is 12.1. The smallest absolute Gasteiger partial charge is 0.229 e. The second kappa shape index (κ2) is 7.01. The second-order valence-corrected chi connectivity index (χ2v) is 6.77. The maximum Gasteiger partial charge on any atom is 0.229 e. The first kappa shape index (κ1) is 16.4. The third kappa shape index (κ3) is 3.45. The van der Waals surface area contributed by atoms with E-state index in [0.717, 1.165) is 21.7 Å². The number of nitrogens with one attached hydrogen (secondary N) is 1. The molecule has 1 amide bonds. The van der Waals surface area contributed by atoms with E-state index in [9.17, 15) is 4.79 Å².